The third-order valence-corrected chi connectivity index (χ3v) is 4.06. The lowest BCUT2D eigenvalue weighted by Gasteiger charge is -2.28. The highest BCUT2D eigenvalue weighted by Gasteiger charge is 2.43. The van der Waals surface area contributed by atoms with Gasteiger partial charge in [0.05, 0.1) is 0 Å². The lowest BCUT2D eigenvalue weighted by Crippen LogP contribution is -2.19. The summed E-state index contributed by atoms with van der Waals surface area (Å²) in [5.41, 5.74) is 0. The third-order valence-electron chi connectivity index (χ3n) is 4.06. The van der Waals surface area contributed by atoms with Crippen molar-refractivity contribution in [3.05, 3.63) is 0 Å². The first kappa shape index (κ1) is 8.59. The SMILES string of the molecule is CC(C)CC1CC2CC(C)C1C2. The van der Waals surface area contributed by atoms with E-state index in [9.17, 15) is 0 Å². The second-order valence-corrected chi connectivity index (χ2v) is 5.60. The zero-order chi connectivity index (χ0) is 8.72. The molecule has 2 aliphatic carbocycles. The van der Waals surface area contributed by atoms with Gasteiger partial charge < -0.3 is 0 Å². The summed E-state index contributed by atoms with van der Waals surface area (Å²) < 4.78 is 0. The zero-order valence-electron chi connectivity index (χ0n) is 8.72. The van der Waals surface area contributed by atoms with E-state index >= 15 is 0 Å². The van der Waals surface area contributed by atoms with Gasteiger partial charge in [-0.25, -0.2) is 0 Å². The van der Waals surface area contributed by atoms with Crippen molar-refractivity contribution in [1.29, 1.82) is 0 Å². The van der Waals surface area contributed by atoms with Gasteiger partial charge in [-0.05, 0) is 55.3 Å². The Morgan fingerprint density at radius 2 is 1.92 bits per heavy atom. The minimum absolute atomic E-state index is 0.918. The molecule has 0 nitrogen and oxygen atoms in total. The fourth-order valence-corrected chi connectivity index (χ4v) is 3.74. The minimum Gasteiger partial charge on any atom is -0.0628 e. The van der Waals surface area contributed by atoms with E-state index in [-0.39, 0.29) is 0 Å². The van der Waals surface area contributed by atoms with Gasteiger partial charge in [-0.1, -0.05) is 20.8 Å². The average molecular weight is 166 g/mol. The molecule has 12 heavy (non-hydrogen) atoms. The van der Waals surface area contributed by atoms with Crippen LogP contribution in [0.15, 0.2) is 0 Å². The molecular weight excluding hydrogens is 144 g/mol. The molecule has 2 rings (SSSR count). The first-order chi connectivity index (χ1) is 5.66. The molecule has 0 heteroatoms. The van der Waals surface area contributed by atoms with Gasteiger partial charge >= 0.3 is 0 Å². The number of rotatable bonds is 2. The Kier molecular flexibility index (Phi) is 2.18. The van der Waals surface area contributed by atoms with Crippen LogP contribution in [0.3, 0.4) is 0 Å². The van der Waals surface area contributed by atoms with Crippen LogP contribution < -0.4 is 0 Å². The molecule has 0 aromatic heterocycles. The first-order valence-electron chi connectivity index (χ1n) is 5.66. The van der Waals surface area contributed by atoms with Crippen molar-refractivity contribution in [2.45, 2.75) is 46.5 Å². The van der Waals surface area contributed by atoms with Gasteiger partial charge in [0.25, 0.3) is 0 Å². The Labute approximate surface area is 76.7 Å². The Bertz CT molecular complexity index is 159. The Morgan fingerprint density at radius 1 is 1.17 bits per heavy atom. The molecule has 0 amide bonds. The topological polar surface area (TPSA) is 0 Å². The molecule has 4 unspecified atom stereocenters. The highest BCUT2D eigenvalue weighted by atomic mass is 14.5. The van der Waals surface area contributed by atoms with Gasteiger partial charge in [-0.2, -0.15) is 0 Å². The van der Waals surface area contributed by atoms with Crippen LogP contribution in [0.2, 0.25) is 0 Å². The van der Waals surface area contributed by atoms with Gasteiger partial charge in [0.2, 0.25) is 0 Å². The van der Waals surface area contributed by atoms with Crippen molar-refractivity contribution in [3.8, 4) is 0 Å². The van der Waals surface area contributed by atoms with Crippen LogP contribution in [-0.4, -0.2) is 0 Å². The van der Waals surface area contributed by atoms with Crippen molar-refractivity contribution in [3.63, 3.8) is 0 Å². The summed E-state index contributed by atoms with van der Waals surface area (Å²) in [5.74, 6) is 5.29. The van der Waals surface area contributed by atoms with Gasteiger partial charge in [0, 0.05) is 0 Å². The smallest absolute Gasteiger partial charge is 0.0357 e. The number of hydrogen-bond acceptors (Lipinski definition) is 0. The number of hydrogen-bond donors (Lipinski definition) is 0. The van der Waals surface area contributed by atoms with Crippen LogP contribution in [0.4, 0.5) is 0 Å². The molecule has 0 aliphatic heterocycles. The molecular formula is C12H22. The quantitative estimate of drug-likeness (QED) is 0.586. The monoisotopic (exact) mass is 166 g/mol. The number of fused-ring (bicyclic) bond motifs is 2. The van der Waals surface area contributed by atoms with Crippen LogP contribution >= 0.6 is 0 Å². The lowest BCUT2D eigenvalue weighted by atomic mass is 9.78. The van der Waals surface area contributed by atoms with E-state index in [1.54, 1.807) is 19.3 Å². The molecule has 2 fully saturated rings. The maximum atomic E-state index is 2.47. The van der Waals surface area contributed by atoms with Crippen LogP contribution in [0.25, 0.3) is 0 Å². The van der Waals surface area contributed by atoms with Crippen LogP contribution in [0.1, 0.15) is 46.5 Å². The molecule has 4 atom stereocenters. The fraction of sp³-hybridized carbons (Fsp3) is 1.00. The third kappa shape index (κ3) is 1.41. The summed E-state index contributed by atoms with van der Waals surface area (Å²) in [4.78, 5) is 0. The maximum Gasteiger partial charge on any atom is -0.0357 e. The molecule has 0 radical (unpaired) electrons. The Hall–Kier alpha value is 0. The molecule has 0 heterocycles. The lowest BCUT2D eigenvalue weighted by molar-refractivity contribution is 0.222. The molecule has 0 aromatic carbocycles. The van der Waals surface area contributed by atoms with Crippen LogP contribution in [0.5, 0.6) is 0 Å². The Balaban J connectivity index is 1.93. The van der Waals surface area contributed by atoms with Gasteiger partial charge in [-0.15, -0.1) is 0 Å². The van der Waals surface area contributed by atoms with Crippen molar-refractivity contribution < 1.29 is 0 Å². The van der Waals surface area contributed by atoms with Gasteiger partial charge in [0.1, 0.15) is 0 Å². The second kappa shape index (κ2) is 3.05. The summed E-state index contributed by atoms with van der Waals surface area (Å²) in [7, 11) is 0. The fourth-order valence-electron chi connectivity index (χ4n) is 3.74. The van der Waals surface area contributed by atoms with E-state index < -0.39 is 0 Å². The summed E-state index contributed by atoms with van der Waals surface area (Å²) in [6, 6.07) is 0. The summed E-state index contributed by atoms with van der Waals surface area (Å²) in [5, 5.41) is 0. The highest BCUT2D eigenvalue weighted by Crippen LogP contribution is 2.53. The molecule has 0 aromatic rings. The van der Waals surface area contributed by atoms with E-state index in [1.807, 2.05) is 0 Å². The average Bonchev–Trinajstić information content (AvgIpc) is 2.43. The van der Waals surface area contributed by atoms with Crippen molar-refractivity contribution in [1.82, 2.24) is 0 Å². The Morgan fingerprint density at radius 3 is 2.42 bits per heavy atom. The van der Waals surface area contributed by atoms with E-state index in [0.29, 0.717) is 0 Å². The molecule has 0 spiro atoms. The summed E-state index contributed by atoms with van der Waals surface area (Å²) >= 11 is 0. The van der Waals surface area contributed by atoms with Gasteiger partial charge in [0.15, 0.2) is 0 Å². The molecule has 0 N–H and O–H groups in total. The first-order valence-corrected chi connectivity index (χ1v) is 5.66. The van der Waals surface area contributed by atoms with Crippen LogP contribution in [-0.2, 0) is 0 Å². The molecule has 0 saturated heterocycles. The standard InChI is InChI=1S/C12H22/c1-8(2)4-11-6-10-5-9(3)12(11)7-10/h8-12H,4-7H2,1-3H3. The molecule has 70 valence electrons. The highest BCUT2D eigenvalue weighted by molar-refractivity contribution is 4.93. The molecule has 2 bridgehead atoms. The van der Waals surface area contributed by atoms with Crippen molar-refractivity contribution in [2.24, 2.45) is 29.6 Å². The van der Waals surface area contributed by atoms with Crippen LogP contribution in [0, 0.1) is 29.6 Å². The van der Waals surface area contributed by atoms with E-state index in [0.717, 1.165) is 29.6 Å². The second-order valence-electron chi connectivity index (χ2n) is 5.60. The molecule has 2 saturated carbocycles. The van der Waals surface area contributed by atoms with Crippen molar-refractivity contribution in [2.75, 3.05) is 0 Å². The van der Waals surface area contributed by atoms with E-state index in [1.165, 1.54) is 6.42 Å². The zero-order valence-corrected chi connectivity index (χ0v) is 8.72. The minimum atomic E-state index is 0.918. The van der Waals surface area contributed by atoms with E-state index in [2.05, 4.69) is 20.8 Å². The summed E-state index contributed by atoms with van der Waals surface area (Å²) in [6.07, 6.45) is 6.16. The van der Waals surface area contributed by atoms with E-state index in [4.69, 9.17) is 0 Å². The summed E-state index contributed by atoms with van der Waals surface area (Å²) in [6.45, 7) is 7.21. The normalized spacial score (nSPS) is 46.0. The largest absolute Gasteiger partial charge is 0.0628 e. The predicted octanol–water partition coefficient (Wildman–Crippen LogP) is 3.71. The molecule has 2 aliphatic rings. The van der Waals surface area contributed by atoms with Gasteiger partial charge in [-0.3, -0.25) is 0 Å². The predicted molar refractivity (Wildman–Crippen MR) is 52.9 cm³/mol. The van der Waals surface area contributed by atoms with Crippen molar-refractivity contribution >= 4 is 0 Å². The maximum absolute atomic E-state index is 2.47.